The molecular formula is C20H25N3O4. The zero-order chi connectivity index (χ0) is 20.0. The maximum atomic E-state index is 12.3. The third kappa shape index (κ3) is 5.70. The highest BCUT2D eigenvalue weighted by atomic mass is 16.5. The first kappa shape index (κ1) is 20.2. The summed E-state index contributed by atoms with van der Waals surface area (Å²) in [6, 6.07) is 7.72. The number of primary amides is 1. The van der Waals surface area contributed by atoms with Crippen LogP contribution in [0.2, 0.25) is 0 Å². The summed E-state index contributed by atoms with van der Waals surface area (Å²) in [7, 11) is 0. The number of carbonyl (C=O) groups is 3. The molecule has 7 heteroatoms. The van der Waals surface area contributed by atoms with E-state index in [1.54, 1.807) is 33.0 Å². The van der Waals surface area contributed by atoms with Crippen LogP contribution in [0.15, 0.2) is 36.5 Å². The van der Waals surface area contributed by atoms with Crippen LogP contribution in [-0.4, -0.2) is 35.4 Å². The quantitative estimate of drug-likeness (QED) is 0.511. The van der Waals surface area contributed by atoms with Crippen molar-refractivity contribution in [2.75, 3.05) is 6.54 Å². The Labute approximate surface area is 157 Å². The van der Waals surface area contributed by atoms with Gasteiger partial charge in [0.1, 0.15) is 0 Å². The number of nitrogens with one attached hydrogen (secondary N) is 2. The van der Waals surface area contributed by atoms with E-state index in [1.165, 1.54) is 6.08 Å². The van der Waals surface area contributed by atoms with E-state index in [4.69, 9.17) is 10.5 Å². The standard InChI is InChI=1S/C20H25N3O4/c1-20(2,3)18(19(26)22-11-10-16(21)24)27-17(25)9-8-13-12-23-15-7-5-4-6-14(13)15/h4-9,12,18,23H,10-11H2,1-3H3,(H2,21,24)(H,22,26)/b9-8+/t18-/m0/s1. The van der Waals surface area contributed by atoms with Crippen LogP contribution in [0.25, 0.3) is 17.0 Å². The van der Waals surface area contributed by atoms with Crippen molar-refractivity contribution >= 4 is 34.8 Å². The topological polar surface area (TPSA) is 114 Å². The maximum absolute atomic E-state index is 12.3. The molecule has 0 aliphatic heterocycles. The molecule has 1 aromatic carbocycles. The lowest BCUT2D eigenvalue weighted by Crippen LogP contribution is -2.46. The summed E-state index contributed by atoms with van der Waals surface area (Å²) in [5, 5.41) is 3.56. The Kier molecular flexibility index (Phi) is 6.39. The lowest BCUT2D eigenvalue weighted by Gasteiger charge is -2.28. The number of esters is 1. The van der Waals surface area contributed by atoms with Crippen molar-refractivity contribution in [2.24, 2.45) is 11.1 Å². The van der Waals surface area contributed by atoms with Crippen LogP contribution in [0.4, 0.5) is 0 Å². The van der Waals surface area contributed by atoms with Crippen LogP contribution in [0.1, 0.15) is 32.8 Å². The van der Waals surface area contributed by atoms with E-state index >= 15 is 0 Å². The number of amides is 2. The normalized spacial score (nSPS) is 12.9. The predicted octanol–water partition coefficient (Wildman–Crippen LogP) is 2.13. The van der Waals surface area contributed by atoms with Crippen LogP contribution >= 0.6 is 0 Å². The summed E-state index contributed by atoms with van der Waals surface area (Å²) >= 11 is 0. The van der Waals surface area contributed by atoms with Crippen molar-refractivity contribution < 1.29 is 19.1 Å². The number of hydrogen-bond acceptors (Lipinski definition) is 4. The summed E-state index contributed by atoms with van der Waals surface area (Å²) in [5.41, 5.74) is 6.26. The van der Waals surface area contributed by atoms with E-state index < -0.39 is 29.3 Å². The fourth-order valence-corrected chi connectivity index (χ4v) is 2.57. The Bertz CT molecular complexity index is 861. The third-order valence-corrected chi connectivity index (χ3v) is 3.95. The van der Waals surface area contributed by atoms with Crippen LogP contribution in [0, 0.1) is 5.41 Å². The van der Waals surface area contributed by atoms with Crippen molar-refractivity contribution in [2.45, 2.75) is 33.3 Å². The van der Waals surface area contributed by atoms with E-state index in [1.807, 2.05) is 24.3 Å². The molecule has 0 radical (unpaired) electrons. The highest BCUT2D eigenvalue weighted by Crippen LogP contribution is 2.23. The Hall–Kier alpha value is -3.09. The lowest BCUT2D eigenvalue weighted by molar-refractivity contribution is -0.158. The second kappa shape index (κ2) is 8.53. The number of para-hydroxylation sites is 1. The van der Waals surface area contributed by atoms with Crippen LogP contribution in [-0.2, 0) is 19.1 Å². The summed E-state index contributed by atoms with van der Waals surface area (Å²) < 4.78 is 5.38. The van der Waals surface area contributed by atoms with Crippen LogP contribution in [0.3, 0.4) is 0 Å². The molecule has 2 aromatic rings. The number of H-pyrrole nitrogens is 1. The second-order valence-corrected chi connectivity index (χ2v) is 7.31. The number of aromatic nitrogens is 1. The summed E-state index contributed by atoms with van der Waals surface area (Å²) in [5.74, 6) is -1.59. The predicted molar refractivity (Wildman–Crippen MR) is 103 cm³/mol. The van der Waals surface area contributed by atoms with Gasteiger partial charge in [-0.25, -0.2) is 4.79 Å². The summed E-state index contributed by atoms with van der Waals surface area (Å²) in [6.07, 6.45) is 3.77. The zero-order valence-corrected chi connectivity index (χ0v) is 15.7. The SMILES string of the molecule is CC(C)(C)[C@@H](OC(=O)/C=C/c1c[nH]c2ccccc12)C(=O)NCCC(N)=O. The lowest BCUT2D eigenvalue weighted by atomic mass is 9.88. The summed E-state index contributed by atoms with van der Waals surface area (Å²) in [6.45, 7) is 5.48. The van der Waals surface area contributed by atoms with Crippen molar-refractivity contribution in [3.63, 3.8) is 0 Å². The van der Waals surface area contributed by atoms with E-state index in [0.29, 0.717) is 0 Å². The van der Waals surface area contributed by atoms with Crippen LogP contribution < -0.4 is 11.1 Å². The van der Waals surface area contributed by atoms with Gasteiger partial charge in [-0.2, -0.15) is 0 Å². The molecule has 0 saturated heterocycles. The van der Waals surface area contributed by atoms with Crippen LogP contribution in [0.5, 0.6) is 0 Å². The molecule has 1 atom stereocenters. The minimum absolute atomic E-state index is 0.0248. The third-order valence-electron chi connectivity index (χ3n) is 3.95. The molecule has 0 aliphatic carbocycles. The number of ether oxygens (including phenoxy) is 1. The minimum Gasteiger partial charge on any atom is -0.449 e. The highest BCUT2D eigenvalue weighted by molar-refractivity contribution is 5.95. The number of hydrogen-bond donors (Lipinski definition) is 3. The van der Waals surface area contributed by atoms with Gasteiger partial charge in [0.25, 0.3) is 5.91 Å². The first-order valence-corrected chi connectivity index (χ1v) is 8.69. The molecule has 7 nitrogen and oxygen atoms in total. The molecule has 0 aliphatic rings. The number of aromatic amines is 1. The first-order valence-electron chi connectivity index (χ1n) is 8.69. The van der Waals surface area contributed by atoms with E-state index in [0.717, 1.165) is 16.5 Å². The smallest absolute Gasteiger partial charge is 0.331 e. The van der Waals surface area contributed by atoms with Gasteiger partial charge in [0.15, 0.2) is 6.10 Å². The fraction of sp³-hybridized carbons (Fsp3) is 0.350. The Balaban J connectivity index is 2.04. The first-order chi connectivity index (χ1) is 12.7. The number of nitrogens with two attached hydrogens (primary N) is 1. The van der Waals surface area contributed by atoms with E-state index in [2.05, 4.69) is 10.3 Å². The Morgan fingerprint density at radius 1 is 1.26 bits per heavy atom. The number of fused-ring (bicyclic) bond motifs is 1. The Morgan fingerprint density at radius 2 is 1.96 bits per heavy atom. The second-order valence-electron chi connectivity index (χ2n) is 7.31. The number of benzene rings is 1. The van der Waals surface area contributed by atoms with Gasteiger partial charge in [0.2, 0.25) is 5.91 Å². The Morgan fingerprint density at radius 3 is 2.63 bits per heavy atom. The molecule has 0 saturated carbocycles. The highest BCUT2D eigenvalue weighted by Gasteiger charge is 2.34. The molecule has 1 heterocycles. The number of carbonyl (C=O) groups excluding carboxylic acids is 3. The largest absolute Gasteiger partial charge is 0.449 e. The van der Waals surface area contributed by atoms with Gasteiger partial charge in [-0.3, -0.25) is 9.59 Å². The van der Waals surface area contributed by atoms with Gasteiger partial charge in [0.05, 0.1) is 0 Å². The molecule has 2 amide bonds. The fourth-order valence-electron chi connectivity index (χ4n) is 2.57. The van der Waals surface area contributed by atoms with Gasteiger partial charge in [-0.15, -0.1) is 0 Å². The average molecular weight is 371 g/mol. The summed E-state index contributed by atoms with van der Waals surface area (Å²) in [4.78, 5) is 38.5. The number of rotatable bonds is 7. The molecule has 0 spiro atoms. The van der Waals surface area contributed by atoms with Crippen molar-refractivity contribution in [1.29, 1.82) is 0 Å². The van der Waals surface area contributed by atoms with Crippen molar-refractivity contribution in [3.05, 3.63) is 42.1 Å². The van der Waals surface area contributed by atoms with Crippen molar-refractivity contribution in [3.8, 4) is 0 Å². The monoisotopic (exact) mass is 371 g/mol. The van der Waals surface area contributed by atoms with E-state index in [-0.39, 0.29) is 13.0 Å². The molecule has 27 heavy (non-hydrogen) atoms. The molecule has 0 fully saturated rings. The zero-order valence-electron chi connectivity index (χ0n) is 15.7. The molecular weight excluding hydrogens is 346 g/mol. The molecule has 1 aromatic heterocycles. The molecule has 2 rings (SSSR count). The molecule has 4 N–H and O–H groups in total. The van der Waals surface area contributed by atoms with Gasteiger partial charge in [-0.05, 0) is 12.1 Å². The van der Waals surface area contributed by atoms with Gasteiger partial charge in [0, 0.05) is 47.1 Å². The van der Waals surface area contributed by atoms with Gasteiger partial charge in [-0.1, -0.05) is 39.0 Å². The van der Waals surface area contributed by atoms with E-state index in [9.17, 15) is 14.4 Å². The van der Waals surface area contributed by atoms with Gasteiger partial charge >= 0.3 is 5.97 Å². The molecule has 0 bridgehead atoms. The molecule has 0 unspecified atom stereocenters. The average Bonchev–Trinajstić information content (AvgIpc) is 2.99. The minimum atomic E-state index is -0.995. The van der Waals surface area contributed by atoms with Gasteiger partial charge < -0.3 is 20.8 Å². The van der Waals surface area contributed by atoms with Crippen molar-refractivity contribution in [1.82, 2.24) is 10.3 Å². The molecule has 144 valence electrons. The maximum Gasteiger partial charge on any atom is 0.331 e.